The largest absolute Gasteiger partial charge is 0.451 e. The van der Waals surface area contributed by atoms with E-state index in [4.69, 9.17) is 0 Å². The Balaban J connectivity index is 2.07. The molecule has 0 atom stereocenters. The van der Waals surface area contributed by atoms with Crippen molar-refractivity contribution in [2.24, 2.45) is 0 Å². The molecule has 0 bridgehead atoms. The average Bonchev–Trinajstić information content (AvgIpc) is 2.86. The first-order valence-electron chi connectivity index (χ1n) is 5.12. The van der Waals surface area contributed by atoms with Crippen LogP contribution in [0.2, 0.25) is 0 Å². The number of halogens is 3. The minimum Gasteiger partial charge on any atom is -0.271 e. The Kier molecular flexibility index (Phi) is 2.16. The number of nitrogens with one attached hydrogen (secondary N) is 1. The van der Waals surface area contributed by atoms with Gasteiger partial charge in [0.15, 0.2) is 0 Å². The maximum Gasteiger partial charge on any atom is 0.451 e. The number of imidazole rings is 1. The van der Waals surface area contributed by atoms with Gasteiger partial charge in [0.05, 0.1) is 11.9 Å². The first kappa shape index (κ1) is 10.8. The van der Waals surface area contributed by atoms with Gasteiger partial charge in [-0.3, -0.25) is 5.10 Å². The van der Waals surface area contributed by atoms with E-state index in [0.717, 1.165) is 10.1 Å². The summed E-state index contributed by atoms with van der Waals surface area (Å²) in [5.41, 5.74) is 1.40. The number of benzene rings is 1. The third kappa shape index (κ3) is 1.73. The SMILES string of the molecule is FC(F)(F)c1nc2nc(-c3ccccc3)cn2[nH]1. The molecular formula is C11H7F3N4. The van der Waals surface area contributed by atoms with Gasteiger partial charge in [0.1, 0.15) is 0 Å². The number of fused-ring (bicyclic) bond motifs is 1. The van der Waals surface area contributed by atoms with E-state index >= 15 is 0 Å². The van der Waals surface area contributed by atoms with Gasteiger partial charge in [-0.05, 0) is 0 Å². The van der Waals surface area contributed by atoms with Crippen molar-refractivity contribution in [1.82, 2.24) is 19.6 Å². The van der Waals surface area contributed by atoms with Crippen LogP contribution in [0.1, 0.15) is 5.82 Å². The van der Waals surface area contributed by atoms with Crippen LogP contribution in [0.4, 0.5) is 13.2 Å². The lowest BCUT2D eigenvalue weighted by Crippen LogP contribution is -2.07. The van der Waals surface area contributed by atoms with Crippen LogP contribution in [0.5, 0.6) is 0 Å². The summed E-state index contributed by atoms with van der Waals surface area (Å²) in [4.78, 5) is 7.44. The molecule has 0 radical (unpaired) electrons. The van der Waals surface area contributed by atoms with E-state index < -0.39 is 12.0 Å². The Bertz CT molecular complexity index is 650. The smallest absolute Gasteiger partial charge is 0.271 e. The molecule has 1 aromatic carbocycles. The van der Waals surface area contributed by atoms with Crippen molar-refractivity contribution in [3.8, 4) is 11.3 Å². The van der Waals surface area contributed by atoms with Crippen molar-refractivity contribution in [2.45, 2.75) is 6.18 Å². The molecule has 0 saturated heterocycles. The topological polar surface area (TPSA) is 46.0 Å². The Morgan fingerprint density at radius 1 is 1.06 bits per heavy atom. The molecule has 0 saturated carbocycles. The second kappa shape index (κ2) is 3.59. The van der Waals surface area contributed by atoms with E-state index in [1.807, 2.05) is 30.3 Å². The maximum atomic E-state index is 12.4. The van der Waals surface area contributed by atoms with E-state index in [2.05, 4.69) is 15.1 Å². The molecule has 0 amide bonds. The van der Waals surface area contributed by atoms with Crippen molar-refractivity contribution >= 4 is 5.78 Å². The van der Waals surface area contributed by atoms with E-state index in [9.17, 15) is 13.2 Å². The molecular weight excluding hydrogens is 245 g/mol. The van der Waals surface area contributed by atoms with Gasteiger partial charge in [-0.2, -0.15) is 18.2 Å². The van der Waals surface area contributed by atoms with Crippen LogP contribution in [0.15, 0.2) is 36.5 Å². The summed E-state index contributed by atoms with van der Waals surface area (Å²) in [6.07, 6.45) is -3.01. The van der Waals surface area contributed by atoms with Crippen molar-refractivity contribution in [1.29, 1.82) is 0 Å². The second-order valence-electron chi connectivity index (χ2n) is 3.73. The second-order valence-corrected chi connectivity index (χ2v) is 3.73. The lowest BCUT2D eigenvalue weighted by atomic mass is 10.2. The molecule has 3 aromatic rings. The van der Waals surface area contributed by atoms with Crippen molar-refractivity contribution in [2.75, 3.05) is 0 Å². The molecule has 0 aliphatic heterocycles. The number of aromatic nitrogens is 4. The summed E-state index contributed by atoms with van der Waals surface area (Å²) in [7, 11) is 0. The fraction of sp³-hybridized carbons (Fsp3) is 0.0909. The van der Waals surface area contributed by atoms with Crippen molar-refractivity contribution in [3.05, 3.63) is 42.4 Å². The van der Waals surface area contributed by atoms with Crippen molar-refractivity contribution in [3.63, 3.8) is 0 Å². The normalized spacial score (nSPS) is 12.2. The molecule has 2 heterocycles. The highest BCUT2D eigenvalue weighted by Crippen LogP contribution is 2.27. The highest BCUT2D eigenvalue weighted by Gasteiger charge is 2.35. The zero-order valence-corrected chi connectivity index (χ0v) is 8.94. The third-order valence-corrected chi connectivity index (χ3v) is 2.46. The van der Waals surface area contributed by atoms with E-state index in [1.54, 1.807) is 0 Å². The van der Waals surface area contributed by atoms with Crippen LogP contribution in [-0.2, 0) is 6.18 Å². The molecule has 1 N–H and O–H groups in total. The highest BCUT2D eigenvalue weighted by molar-refractivity contribution is 5.60. The van der Waals surface area contributed by atoms with Gasteiger partial charge in [0.25, 0.3) is 5.78 Å². The summed E-state index contributed by atoms with van der Waals surface area (Å²) in [6.45, 7) is 0. The minimum absolute atomic E-state index is 0.00109. The number of hydrogen-bond acceptors (Lipinski definition) is 2. The molecule has 4 nitrogen and oxygen atoms in total. The zero-order valence-electron chi connectivity index (χ0n) is 8.94. The van der Waals surface area contributed by atoms with Gasteiger partial charge >= 0.3 is 6.18 Å². The quantitative estimate of drug-likeness (QED) is 0.723. The van der Waals surface area contributed by atoms with Crippen LogP contribution >= 0.6 is 0 Å². The summed E-state index contributed by atoms with van der Waals surface area (Å²) in [6, 6.07) is 9.17. The molecule has 0 unspecified atom stereocenters. The molecule has 0 aliphatic carbocycles. The van der Waals surface area contributed by atoms with Gasteiger partial charge in [0, 0.05) is 5.56 Å². The Morgan fingerprint density at radius 3 is 2.39 bits per heavy atom. The first-order valence-corrected chi connectivity index (χ1v) is 5.12. The Labute approximate surface area is 99.1 Å². The van der Waals surface area contributed by atoms with Crippen LogP contribution in [0, 0.1) is 0 Å². The number of alkyl halides is 3. The van der Waals surface area contributed by atoms with E-state index in [-0.39, 0.29) is 5.78 Å². The van der Waals surface area contributed by atoms with Crippen LogP contribution in [0.25, 0.3) is 17.0 Å². The van der Waals surface area contributed by atoms with Gasteiger partial charge in [0.2, 0.25) is 5.82 Å². The fourth-order valence-electron chi connectivity index (χ4n) is 1.65. The van der Waals surface area contributed by atoms with E-state index in [1.165, 1.54) is 6.20 Å². The number of H-pyrrole nitrogens is 1. The number of hydrogen-bond donors (Lipinski definition) is 1. The van der Waals surface area contributed by atoms with Crippen LogP contribution in [0.3, 0.4) is 0 Å². The molecule has 2 aromatic heterocycles. The van der Waals surface area contributed by atoms with Gasteiger partial charge in [-0.25, -0.2) is 9.50 Å². The lowest BCUT2D eigenvalue weighted by molar-refractivity contribution is -0.144. The average molecular weight is 252 g/mol. The predicted molar refractivity (Wildman–Crippen MR) is 57.8 cm³/mol. The molecule has 7 heteroatoms. The molecule has 0 aliphatic rings. The number of nitrogens with zero attached hydrogens (tertiary/aromatic N) is 3. The van der Waals surface area contributed by atoms with Gasteiger partial charge < -0.3 is 0 Å². The highest BCUT2D eigenvalue weighted by atomic mass is 19.4. The molecule has 0 spiro atoms. The van der Waals surface area contributed by atoms with Crippen molar-refractivity contribution < 1.29 is 13.2 Å². The monoisotopic (exact) mass is 252 g/mol. The summed E-state index contributed by atoms with van der Waals surface area (Å²) in [5, 5.41) is 2.14. The number of rotatable bonds is 1. The van der Waals surface area contributed by atoms with Gasteiger partial charge in [-0.15, -0.1) is 0 Å². The van der Waals surface area contributed by atoms with Crippen LogP contribution in [-0.4, -0.2) is 19.6 Å². The Hall–Kier alpha value is -2.31. The molecule has 92 valence electrons. The summed E-state index contributed by atoms with van der Waals surface area (Å²) >= 11 is 0. The third-order valence-electron chi connectivity index (χ3n) is 2.46. The molecule has 18 heavy (non-hydrogen) atoms. The summed E-state index contributed by atoms with van der Waals surface area (Å²) in [5.74, 6) is -1.05. The molecule has 0 fully saturated rings. The van der Waals surface area contributed by atoms with Gasteiger partial charge in [-0.1, -0.05) is 30.3 Å². The minimum atomic E-state index is -4.49. The fourth-order valence-corrected chi connectivity index (χ4v) is 1.65. The first-order chi connectivity index (χ1) is 8.54. The molecule has 3 rings (SSSR count). The standard InChI is InChI=1S/C11H7F3N4/c12-11(13,14)9-16-10-15-8(6-18(10)17-9)7-4-2-1-3-5-7/h1-6H,(H,15,16,17). The lowest BCUT2D eigenvalue weighted by Gasteiger charge is -1.99. The summed E-state index contributed by atoms with van der Waals surface area (Å²) < 4.78 is 38.3. The maximum absolute atomic E-state index is 12.4. The predicted octanol–water partition coefficient (Wildman–Crippen LogP) is 2.74. The van der Waals surface area contributed by atoms with Crippen LogP contribution < -0.4 is 0 Å². The Morgan fingerprint density at radius 2 is 1.78 bits per heavy atom. The zero-order chi connectivity index (χ0) is 12.8. The number of aromatic amines is 1. The van der Waals surface area contributed by atoms with E-state index in [0.29, 0.717) is 5.69 Å².